The number of anilines is 1. The van der Waals surface area contributed by atoms with Gasteiger partial charge in [0.15, 0.2) is 0 Å². The van der Waals surface area contributed by atoms with Crippen LogP contribution in [0.3, 0.4) is 0 Å². The third-order valence-electron chi connectivity index (χ3n) is 3.59. The highest BCUT2D eigenvalue weighted by Gasteiger charge is 2.31. The van der Waals surface area contributed by atoms with Gasteiger partial charge < -0.3 is 10.3 Å². The minimum absolute atomic E-state index is 0.139. The SMILES string of the molecule is Cc1c(N)cc(Cl)cc1S(=O)(=O)N1CCn2cnnc2C1. The standard InChI is InChI=1S/C12H14ClN5O2S/c1-8-10(14)4-9(13)5-11(8)21(19,20)18-3-2-17-7-15-16-12(17)6-18/h4-5,7H,2-3,6,14H2,1H3. The number of rotatable bonds is 2. The predicted molar refractivity (Wildman–Crippen MR) is 78.2 cm³/mol. The highest BCUT2D eigenvalue weighted by atomic mass is 35.5. The Morgan fingerprint density at radius 2 is 2.10 bits per heavy atom. The van der Waals surface area contributed by atoms with Crippen molar-refractivity contribution in [3.63, 3.8) is 0 Å². The molecule has 112 valence electrons. The first-order chi connectivity index (χ1) is 9.89. The monoisotopic (exact) mass is 327 g/mol. The average Bonchev–Trinajstić information content (AvgIpc) is 2.89. The maximum absolute atomic E-state index is 12.8. The molecule has 0 saturated carbocycles. The van der Waals surface area contributed by atoms with Crippen LogP contribution in [-0.2, 0) is 23.1 Å². The lowest BCUT2D eigenvalue weighted by Gasteiger charge is -2.27. The Balaban J connectivity index is 2.03. The molecule has 0 unspecified atom stereocenters. The molecule has 2 N–H and O–H groups in total. The van der Waals surface area contributed by atoms with Crippen molar-refractivity contribution in [1.82, 2.24) is 19.1 Å². The summed E-state index contributed by atoms with van der Waals surface area (Å²) in [6, 6.07) is 2.98. The normalized spacial score (nSPS) is 15.9. The molecule has 0 spiro atoms. The summed E-state index contributed by atoms with van der Waals surface area (Å²) < 4.78 is 28.8. The van der Waals surface area contributed by atoms with Crippen molar-refractivity contribution < 1.29 is 8.42 Å². The first-order valence-electron chi connectivity index (χ1n) is 6.32. The second-order valence-electron chi connectivity index (χ2n) is 4.90. The van der Waals surface area contributed by atoms with Gasteiger partial charge in [0.1, 0.15) is 12.2 Å². The van der Waals surface area contributed by atoms with Gasteiger partial charge in [-0.3, -0.25) is 0 Å². The van der Waals surface area contributed by atoms with Gasteiger partial charge in [0.25, 0.3) is 0 Å². The molecule has 2 heterocycles. The average molecular weight is 328 g/mol. The van der Waals surface area contributed by atoms with E-state index in [9.17, 15) is 8.42 Å². The molecule has 0 amide bonds. The number of hydrogen-bond acceptors (Lipinski definition) is 5. The maximum Gasteiger partial charge on any atom is 0.243 e. The summed E-state index contributed by atoms with van der Waals surface area (Å²) in [7, 11) is -3.67. The Kier molecular flexibility index (Phi) is 3.39. The summed E-state index contributed by atoms with van der Waals surface area (Å²) in [5.74, 6) is 0.623. The van der Waals surface area contributed by atoms with Crippen molar-refractivity contribution in [2.75, 3.05) is 12.3 Å². The molecule has 3 rings (SSSR count). The van der Waals surface area contributed by atoms with E-state index in [1.165, 1.54) is 10.4 Å². The zero-order valence-electron chi connectivity index (χ0n) is 11.3. The van der Waals surface area contributed by atoms with Gasteiger partial charge in [0.05, 0.1) is 11.4 Å². The van der Waals surface area contributed by atoms with Crippen LogP contribution in [0.15, 0.2) is 23.4 Å². The van der Waals surface area contributed by atoms with Gasteiger partial charge >= 0.3 is 0 Å². The molecular weight excluding hydrogens is 314 g/mol. The van der Waals surface area contributed by atoms with Crippen LogP contribution >= 0.6 is 11.6 Å². The molecule has 1 aliphatic heterocycles. The molecule has 0 radical (unpaired) electrons. The fraction of sp³-hybridized carbons (Fsp3) is 0.333. The molecule has 9 heteroatoms. The van der Waals surface area contributed by atoms with Gasteiger partial charge in [-0.2, -0.15) is 4.31 Å². The number of fused-ring (bicyclic) bond motifs is 1. The second-order valence-corrected chi connectivity index (χ2v) is 7.24. The third-order valence-corrected chi connectivity index (χ3v) is 5.78. The van der Waals surface area contributed by atoms with Gasteiger partial charge in [0.2, 0.25) is 10.0 Å². The van der Waals surface area contributed by atoms with Gasteiger partial charge in [-0.25, -0.2) is 8.42 Å². The van der Waals surface area contributed by atoms with Crippen molar-refractivity contribution in [1.29, 1.82) is 0 Å². The van der Waals surface area contributed by atoms with Crippen molar-refractivity contribution in [3.8, 4) is 0 Å². The van der Waals surface area contributed by atoms with Crippen molar-refractivity contribution >= 4 is 27.3 Å². The largest absolute Gasteiger partial charge is 0.398 e. The molecule has 1 aromatic heterocycles. The summed E-state index contributed by atoms with van der Waals surface area (Å²) in [5.41, 5.74) is 6.68. The Hall–Kier alpha value is -1.64. The molecule has 0 bridgehead atoms. The fourth-order valence-electron chi connectivity index (χ4n) is 2.33. The van der Waals surface area contributed by atoms with Crippen LogP contribution in [0.4, 0.5) is 5.69 Å². The zero-order chi connectivity index (χ0) is 15.2. The topological polar surface area (TPSA) is 94.1 Å². The number of benzene rings is 1. The third kappa shape index (κ3) is 2.39. The van der Waals surface area contributed by atoms with E-state index in [1.807, 2.05) is 4.57 Å². The van der Waals surface area contributed by atoms with E-state index in [2.05, 4.69) is 10.2 Å². The fourth-order valence-corrected chi connectivity index (χ4v) is 4.29. The van der Waals surface area contributed by atoms with Gasteiger partial charge in [-0.05, 0) is 24.6 Å². The maximum atomic E-state index is 12.8. The van der Waals surface area contributed by atoms with E-state index >= 15 is 0 Å². The summed E-state index contributed by atoms with van der Waals surface area (Å²) in [4.78, 5) is 0.139. The van der Waals surface area contributed by atoms with Crippen molar-refractivity contribution in [2.24, 2.45) is 0 Å². The van der Waals surface area contributed by atoms with E-state index in [4.69, 9.17) is 17.3 Å². The molecule has 7 nitrogen and oxygen atoms in total. The molecule has 0 aliphatic carbocycles. The quantitative estimate of drug-likeness (QED) is 0.831. The Labute approximate surface area is 127 Å². The lowest BCUT2D eigenvalue weighted by Crippen LogP contribution is -2.38. The number of nitrogens with zero attached hydrogens (tertiary/aromatic N) is 4. The lowest BCUT2D eigenvalue weighted by atomic mass is 10.2. The first kappa shape index (κ1) is 14.3. The number of aromatic nitrogens is 3. The van der Waals surface area contributed by atoms with E-state index in [0.29, 0.717) is 35.2 Å². The Morgan fingerprint density at radius 1 is 1.33 bits per heavy atom. The minimum atomic E-state index is -3.67. The molecule has 1 aliphatic rings. The van der Waals surface area contributed by atoms with Gasteiger partial charge in [-0.1, -0.05) is 11.6 Å². The number of nitrogen functional groups attached to an aromatic ring is 1. The lowest BCUT2D eigenvalue weighted by molar-refractivity contribution is 0.335. The van der Waals surface area contributed by atoms with Crippen LogP contribution in [0, 0.1) is 6.92 Å². The number of nitrogens with two attached hydrogens (primary N) is 1. The summed E-state index contributed by atoms with van der Waals surface area (Å²) >= 11 is 5.94. The predicted octanol–water partition coefficient (Wildman–Crippen LogP) is 1.03. The van der Waals surface area contributed by atoms with Crippen LogP contribution in [0.1, 0.15) is 11.4 Å². The van der Waals surface area contributed by atoms with E-state index in [-0.39, 0.29) is 11.4 Å². The van der Waals surface area contributed by atoms with Crippen LogP contribution < -0.4 is 5.73 Å². The highest BCUT2D eigenvalue weighted by molar-refractivity contribution is 7.89. The first-order valence-corrected chi connectivity index (χ1v) is 8.14. The number of hydrogen-bond donors (Lipinski definition) is 1. The Morgan fingerprint density at radius 3 is 2.86 bits per heavy atom. The smallest absolute Gasteiger partial charge is 0.243 e. The van der Waals surface area contributed by atoms with E-state index in [1.54, 1.807) is 19.3 Å². The number of sulfonamides is 1. The molecule has 0 saturated heterocycles. The van der Waals surface area contributed by atoms with Crippen molar-refractivity contribution in [2.45, 2.75) is 24.9 Å². The molecule has 1 aromatic carbocycles. The van der Waals surface area contributed by atoms with Crippen molar-refractivity contribution in [3.05, 3.63) is 34.9 Å². The summed E-state index contributed by atoms with van der Waals surface area (Å²) in [6.45, 7) is 2.75. The van der Waals surface area contributed by atoms with Crippen LogP contribution in [0.5, 0.6) is 0 Å². The van der Waals surface area contributed by atoms with Crippen LogP contribution in [-0.4, -0.2) is 34.0 Å². The Bertz CT molecular complexity index is 802. The van der Waals surface area contributed by atoms with Gasteiger partial charge in [-0.15, -0.1) is 10.2 Å². The number of halogens is 1. The zero-order valence-corrected chi connectivity index (χ0v) is 12.9. The highest BCUT2D eigenvalue weighted by Crippen LogP contribution is 2.29. The summed E-state index contributed by atoms with van der Waals surface area (Å²) in [6.07, 6.45) is 1.60. The van der Waals surface area contributed by atoms with Gasteiger partial charge in [0, 0.05) is 23.8 Å². The van der Waals surface area contributed by atoms with E-state index in [0.717, 1.165) is 0 Å². The van der Waals surface area contributed by atoms with Crippen LogP contribution in [0.25, 0.3) is 0 Å². The molecule has 21 heavy (non-hydrogen) atoms. The minimum Gasteiger partial charge on any atom is -0.398 e. The summed E-state index contributed by atoms with van der Waals surface area (Å²) in [5, 5.41) is 8.02. The van der Waals surface area contributed by atoms with Crippen LogP contribution in [0.2, 0.25) is 5.02 Å². The molecule has 0 fully saturated rings. The van der Waals surface area contributed by atoms with E-state index < -0.39 is 10.0 Å². The molecule has 2 aromatic rings. The molecule has 0 atom stereocenters. The second kappa shape index (κ2) is 4.97. The molecular formula is C12H14ClN5O2S.